The van der Waals surface area contributed by atoms with E-state index in [1.54, 1.807) is 23.9 Å². The quantitative estimate of drug-likeness (QED) is 0.221. The minimum Gasteiger partial charge on any atom is -0.357 e. The van der Waals surface area contributed by atoms with Crippen LogP contribution in [0.1, 0.15) is 12.5 Å². The van der Waals surface area contributed by atoms with Gasteiger partial charge >= 0.3 is 0 Å². The Morgan fingerprint density at radius 3 is 2.81 bits per heavy atom. The number of guanidine groups is 1. The predicted octanol–water partition coefficient (Wildman–Crippen LogP) is 3.42. The van der Waals surface area contributed by atoms with Gasteiger partial charge in [0, 0.05) is 24.6 Å². The van der Waals surface area contributed by atoms with Gasteiger partial charge in [0.2, 0.25) is 0 Å². The largest absolute Gasteiger partial charge is 0.357 e. The fraction of sp³-hybridized carbons (Fsp3) is 0.400. The van der Waals surface area contributed by atoms with Crippen LogP contribution in [0.25, 0.3) is 0 Å². The van der Waals surface area contributed by atoms with Gasteiger partial charge < -0.3 is 10.6 Å². The highest BCUT2D eigenvalue weighted by Crippen LogP contribution is 2.14. The molecule has 1 aromatic rings. The molecule has 2 N–H and O–H groups in total. The summed E-state index contributed by atoms with van der Waals surface area (Å²) >= 11 is 1.68. The molecule has 0 atom stereocenters. The Balaban J connectivity index is 0.00000400. The number of rotatable bonds is 8. The summed E-state index contributed by atoms with van der Waals surface area (Å²) in [7, 11) is 0. The highest BCUT2D eigenvalue weighted by Gasteiger charge is 2.00. The second-order valence-electron chi connectivity index (χ2n) is 4.07. The Hall–Kier alpha value is -0.760. The Morgan fingerprint density at radius 1 is 1.38 bits per heavy atom. The molecule has 0 saturated heterocycles. The van der Waals surface area contributed by atoms with Gasteiger partial charge in [-0.15, -0.1) is 30.6 Å². The van der Waals surface area contributed by atoms with Gasteiger partial charge in [-0.1, -0.05) is 24.3 Å². The summed E-state index contributed by atoms with van der Waals surface area (Å²) in [5, 5.41) is 6.30. The molecule has 118 valence electrons. The average Bonchev–Trinajstić information content (AvgIpc) is 2.46. The molecule has 1 aromatic carbocycles. The number of hydrogen-bond donors (Lipinski definition) is 2. The Labute approximate surface area is 147 Å². The molecule has 0 bridgehead atoms. The van der Waals surface area contributed by atoms with Crippen LogP contribution in [0.2, 0.25) is 0 Å². The summed E-state index contributed by atoms with van der Waals surface area (Å²) in [6.07, 6.45) is 1.79. The van der Waals surface area contributed by atoms with Crippen LogP contribution in [0.4, 0.5) is 4.39 Å². The minimum absolute atomic E-state index is 0. The fourth-order valence-electron chi connectivity index (χ4n) is 1.53. The van der Waals surface area contributed by atoms with Gasteiger partial charge in [-0.25, -0.2) is 4.39 Å². The smallest absolute Gasteiger partial charge is 0.191 e. The molecule has 0 aromatic heterocycles. The van der Waals surface area contributed by atoms with Crippen LogP contribution in [0.15, 0.2) is 41.9 Å². The van der Waals surface area contributed by atoms with Gasteiger partial charge in [-0.05, 0) is 18.6 Å². The average molecular weight is 423 g/mol. The molecule has 0 fully saturated rings. The summed E-state index contributed by atoms with van der Waals surface area (Å²) < 4.78 is 13.4. The number of aliphatic imine (C=N–C) groups is 1. The van der Waals surface area contributed by atoms with Crippen LogP contribution < -0.4 is 10.6 Å². The third-order valence-corrected chi connectivity index (χ3v) is 3.47. The molecule has 0 amide bonds. The van der Waals surface area contributed by atoms with E-state index < -0.39 is 0 Å². The molecule has 21 heavy (non-hydrogen) atoms. The van der Waals surface area contributed by atoms with Crippen LogP contribution in [-0.2, 0) is 5.75 Å². The first-order chi connectivity index (χ1) is 9.77. The van der Waals surface area contributed by atoms with Crippen molar-refractivity contribution < 1.29 is 4.39 Å². The number of nitrogens with zero attached hydrogens (tertiary/aromatic N) is 1. The van der Waals surface area contributed by atoms with Crippen LogP contribution >= 0.6 is 35.7 Å². The summed E-state index contributed by atoms with van der Waals surface area (Å²) in [5.74, 6) is 2.20. The lowest BCUT2D eigenvalue weighted by Crippen LogP contribution is -2.37. The summed E-state index contributed by atoms with van der Waals surface area (Å²) in [5.41, 5.74) is 0.748. The first-order valence-electron chi connectivity index (χ1n) is 6.72. The highest BCUT2D eigenvalue weighted by molar-refractivity contribution is 14.0. The van der Waals surface area contributed by atoms with Crippen molar-refractivity contribution in [3.63, 3.8) is 0 Å². The normalized spacial score (nSPS) is 10.7. The van der Waals surface area contributed by atoms with E-state index in [4.69, 9.17) is 0 Å². The van der Waals surface area contributed by atoms with Gasteiger partial charge in [0.1, 0.15) is 5.82 Å². The molecular weight excluding hydrogens is 400 g/mol. The fourth-order valence-corrected chi connectivity index (χ4v) is 2.35. The maximum Gasteiger partial charge on any atom is 0.191 e. The molecule has 0 radical (unpaired) electrons. The molecule has 0 aliphatic heterocycles. The molecule has 1 rings (SSSR count). The van der Waals surface area contributed by atoms with E-state index in [0.29, 0.717) is 18.8 Å². The topological polar surface area (TPSA) is 36.4 Å². The maximum atomic E-state index is 13.4. The molecule has 0 heterocycles. The van der Waals surface area contributed by atoms with E-state index in [1.807, 2.05) is 19.1 Å². The lowest BCUT2D eigenvalue weighted by molar-refractivity contribution is 0.617. The Morgan fingerprint density at radius 2 is 2.14 bits per heavy atom. The lowest BCUT2D eigenvalue weighted by Gasteiger charge is -2.09. The lowest BCUT2D eigenvalue weighted by atomic mass is 10.2. The maximum absolute atomic E-state index is 13.4. The van der Waals surface area contributed by atoms with Crippen molar-refractivity contribution in [2.75, 3.05) is 25.4 Å². The third kappa shape index (κ3) is 8.98. The molecular formula is C15H23FIN3S. The highest BCUT2D eigenvalue weighted by atomic mass is 127. The van der Waals surface area contributed by atoms with Crippen molar-refractivity contribution in [2.24, 2.45) is 4.99 Å². The molecule has 0 spiro atoms. The van der Waals surface area contributed by atoms with Crippen molar-refractivity contribution in [2.45, 2.75) is 12.7 Å². The molecule has 0 saturated carbocycles. The Bertz CT molecular complexity index is 441. The number of nitrogens with one attached hydrogen (secondary N) is 2. The molecule has 0 aliphatic rings. The zero-order chi connectivity index (χ0) is 14.6. The number of thioether (sulfide) groups is 1. The number of halogens is 2. The SMILES string of the molecule is C=CCNC(=NCCSCc1ccccc1F)NCC.I. The monoisotopic (exact) mass is 423 g/mol. The first-order valence-corrected chi connectivity index (χ1v) is 7.87. The molecule has 3 nitrogen and oxygen atoms in total. The van der Waals surface area contributed by atoms with Crippen molar-refractivity contribution in [3.8, 4) is 0 Å². The van der Waals surface area contributed by atoms with Crippen molar-refractivity contribution in [1.82, 2.24) is 10.6 Å². The van der Waals surface area contributed by atoms with E-state index in [1.165, 1.54) is 6.07 Å². The van der Waals surface area contributed by atoms with Gasteiger partial charge in [0.05, 0.1) is 6.54 Å². The van der Waals surface area contributed by atoms with Crippen molar-refractivity contribution in [1.29, 1.82) is 0 Å². The van der Waals surface area contributed by atoms with Gasteiger partial charge in [-0.2, -0.15) is 11.8 Å². The van der Waals surface area contributed by atoms with E-state index in [-0.39, 0.29) is 29.8 Å². The summed E-state index contributed by atoms with van der Waals surface area (Å²) in [4.78, 5) is 4.44. The Kier molecular flexibility index (Phi) is 12.5. The summed E-state index contributed by atoms with van der Waals surface area (Å²) in [6, 6.07) is 6.89. The first kappa shape index (κ1) is 20.2. The van der Waals surface area contributed by atoms with Crippen LogP contribution in [0.3, 0.4) is 0 Å². The van der Waals surface area contributed by atoms with E-state index >= 15 is 0 Å². The third-order valence-electron chi connectivity index (χ3n) is 2.48. The van der Waals surface area contributed by atoms with Crippen molar-refractivity contribution in [3.05, 3.63) is 48.3 Å². The van der Waals surface area contributed by atoms with Gasteiger partial charge in [0.15, 0.2) is 5.96 Å². The summed E-state index contributed by atoms with van der Waals surface area (Å²) in [6.45, 7) is 7.90. The minimum atomic E-state index is -0.135. The zero-order valence-corrected chi connectivity index (χ0v) is 15.4. The second kappa shape index (κ2) is 12.9. The van der Waals surface area contributed by atoms with E-state index in [9.17, 15) is 4.39 Å². The van der Waals surface area contributed by atoms with Crippen LogP contribution in [0, 0.1) is 5.82 Å². The predicted molar refractivity (Wildman–Crippen MR) is 102 cm³/mol. The standard InChI is InChI=1S/C15H22FN3S.HI/c1-3-9-18-15(17-4-2)19-10-11-20-12-13-7-5-6-8-14(13)16;/h3,5-8H,1,4,9-12H2,2H3,(H2,17,18,19);1H. The van der Waals surface area contributed by atoms with E-state index in [0.717, 1.165) is 23.8 Å². The number of benzene rings is 1. The van der Waals surface area contributed by atoms with E-state index in [2.05, 4.69) is 22.2 Å². The second-order valence-corrected chi connectivity index (χ2v) is 5.18. The molecule has 6 heteroatoms. The zero-order valence-electron chi connectivity index (χ0n) is 12.3. The number of hydrogen-bond acceptors (Lipinski definition) is 2. The molecule has 0 unspecified atom stereocenters. The van der Waals surface area contributed by atoms with Gasteiger partial charge in [0.25, 0.3) is 0 Å². The van der Waals surface area contributed by atoms with Crippen LogP contribution in [-0.4, -0.2) is 31.3 Å². The molecule has 0 aliphatic carbocycles. The van der Waals surface area contributed by atoms with Crippen molar-refractivity contribution >= 4 is 41.7 Å². The van der Waals surface area contributed by atoms with Gasteiger partial charge in [-0.3, -0.25) is 4.99 Å². The van der Waals surface area contributed by atoms with Crippen LogP contribution in [0.5, 0.6) is 0 Å².